The number of halogens is 1. The van der Waals surface area contributed by atoms with Gasteiger partial charge < -0.3 is 19.5 Å². The Morgan fingerprint density at radius 1 is 0.857 bits per heavy atom. The van der Waals surface area contributed by atoms with Crippen LogP contribution in [-0.2, 0) is 13.2 Å². The van der Waals surface area contributed by atoms with E-state index >= 15 is 0 Å². The smallest absolute Gasteiger partial charge is 0.161 e. The first-order chi connectivity index (χ1) is 13.6. The minimum absolute atomic E-state index is 0.505. The van der Waals surface area contributed by atoms with Crippen LogP contribution in [0.1, 0.15) is 16.7 Å². The van der Waals surface area contributed by atoms with Gasteiger partial charge in [0.15, 0.2) is 11.5 Å². The Bertz CT molecular complexity index is 943. The summed E-state index contributed by atoms with van der Waals surface area (Å²) < 4.78 is 16.7. The van der Waals surface area contributed by atoms with Crippen molar-refractivity contribution in [1.82, 2.24) is 0 Å². The molecular weight excluding hydrogens is 374 g/mol. The Morgan fingerprint density at radius 2 is 1.61 bits per heavy atom. The van der Waals surface area contributed by atoms with Crippen LogP contribution in [0.4, 0.5) is 5.69 Å². The van der Waals surface area contributed by atoms with Gasteiger partial charge in [-0.25, -0.2) is 0 Å². The van der Waals surface area contributed by atoms with Crippen LogP contribution in [-0.4, -0.2) is 14.2 Å². The van der Waals surface area contributed by atoms with Crippen molar-refractivity contribution in [1.29, 1.82) is 0 Å². The molecule has 0 saturated heterocycles. The Balaban J connectivity index is 1.65. The molecule has 3 rings (SSSR count). The van der Waals surface area contributed by atoms with E-state index in [1.54, 1.807) is 14.2 Å². The Kier molecular flexibility index (Phi) is 6.66. The van der Waals surface area contributed by atoms with Gasteiger partial charge in [0.2, 0.25) is 0 Å². The van der Waals surface area contributed by atoms with E-state index in [9.17, 15) is 0 Å². The standard InChI is InChI=1S/C23H24ClNO3/c1-16-6-4-5-7-18(16)15-28-22-10-8-17(12-23(22)27-3)14-25-19-9-11-21(26-2)20(24)13-19/h4-13,25H,14-15H2,1-3H3. The molecule has 0 aliphatic carbocycles. The van der Waals surface area contributed by atoms with E-state index in [4.69, 9.17) is 25.8 Å². The summed E-state index contributed by atoms with van der Waals surface area (Å²) in [7, 11) is 3.25. The van der Waals surface area contributed by atoms with Crippen molar-refractivity contribution in [2.75, 3.05) is 19.5 Å². The highest BCUT2D eigenvalue weighted by Gasteiger charge is 2.08. The van der Waals surface area contributed by atoms with Gasteiger partial charge in [0, 0.05) is 12.2 Å². The normalized spacial score (nSPS) is 10.4. The summed E-state index contributed by atoms with van der Waals surface area (Å²) in [5, 5.41) is 3.93. The van der Waals surface area contributed by atoms with Crippen molar-refractivity contribution >= 4 is 17.3 Å². The first-order valence-electron chi connectivity index (χ1n) is 9.02. The van der Waals surface area contributed by atoms with Crippen LogP contribution in [0.5, 0.6) is 17.2 Å². The molecule has 3 aromatic rings. The Labute approximate surface area is 171 Å². The molecule has 0 aromatic heterocycles. The Hall–Kier alpha value is -2.85. The van der Waals surface area contributed by atoms with Gasteiger partial charge >= 0.3 is 0 Å². The number of methoxy groups -OCH3 is 2. The van der Waals surface area contributed by atoms with Crippen LogP contribution in [0.3, 0.4) is 0 Å². The van der Waals surface area contributed by atoms with Crippen molar-refractivity contribution < 1.29 is 14.2 Å². The molecule has 0 radical (unpaired) electrons. The summed E-state index contributed by atoms with van der Waals surface area (Å²) in [6.45, 7) is 3.22. The summed E-state index contributed by atoms with van der Waals surface area (Å²) in [4.78, 5) is 0. The monoisotopic (exact) mass is 397 g/mol. The van der Waals surface area contributed by atoms with E-state index in [-0.39, 0.29) is 0 Å². The first-order valence-corrected chi connectivity index (χ1v) is 9.40. The summed E-state index contributed by atoms with van der Waals surface area (Å²) >= 11 is 6.17. The number of benzene rings is 3. The maximum atomic E-state index is 6.17. The summed E-state index contributed by atoms with van der Waals surface area (Å²) in [5.74, 6) is 2.09. The average molecular weight is 398 g/mol. The fraction of sp³-hybridized carbons (Fsp3) is 0.217. The molecule has 0 atom stereocenters. The van der Waals surface area contributed by atoms with Gasteiger partial charge in [0.05, 0.1) is 19.2 Å². The van der Waals surface area contributed by atoms with E-state index in [1.807, 2.05) is 48.5 Å². The molecule has 0 bridgehead atoms. The van der Waals surface area contributed by atoms with Crippen molar-refractivity contribution in [2.24, 2.45) is 0 Å². The highest BCUT2D eigenvalue weighted by Crippen LogP contribution is 2.30. The van der Waals surface area contributed by atoms with Gasteiger partial charge in [0.1, 0.15) is 12.4 Å². The van der Waals surface area contributed by atoms with Crippen molar-refractivity contribution in [3.8, 4) is 17.2 Å². The molecule has 1 N–H and O–H groups in total. The molecule has 0 fully saturated rings. The van der Waals surface area contributed by atoms with Gasteiger partial charge in [-0.1, -0.05) is 41.9 Å². The predicted molar refractivity (Wildman–Crippen MR) is 114 cm³/mol. The lowest BCUT2D eigenvalue weighted by Crippen LogP contribution is -2.02. The fourth-order valence-corrected chi connectivity index (χ4v) is 3.11. The maximum Gasteiger partial charge on any atom is 0.161 e. The molecule has 3 aromatic carbocycles. The van der Waals surface area contributed by atoms with Crippen LogP contribution in [0, 0.1) is 6.92 Å². The predicted octanol–water partition coefficient (Wildman–Crippen LogP) is 5.86. The highest BCUT2D eigenvalue weighted by molar-refractivity contribution is 6.32. The van der Waals surface area contributed by atoms with E-state index in [1.165, 1.54) is 5.56 Å². The summed E-state index contributed by atoms with van der Waals surface area (Å²) in [6.07, 6.45) is 0. The van der Waals surface area contributed by atoms with Gasteiger partial charge in [-0.3, -0.25) is 0 Å². The van der Waals surface area contributed by atoms with Crippen LogP contribution in [0.25, 0.3) is 0 Å². The van der Waals surface area contributed by atoms with Crippen LogP contribution in [0.15, 0.2) is 60.7 Å². The fourth-order valence-electron chi connectivity index (χ4n) is 2.85. The topological polar surface area (TPSA) is 39.7 Å². The molecule has 0 spiro atoms. The van der Waals surface area contributed by atoms with E-state index < -0.39 is 0 Å². The molecule has 0 aliphatic rings. The minimum atomic E-state index is 0.505. The lowest BCUT2D eigenvalue weighted by atomic mass is 10.1. The number of hydrogen-bond acceptors (Lipinski definition) is 4. The lowest BCUT2D eigenvalue weighted by Gasteiger charge is -2.14. The molecule has 4 nitrogen and oxygen atoms in total. The second-order valence-electron chi connectivity index (χ2n) is 6.40. The van der Waals surface area contributed by atoms with Crippen LogP contribution >= 0.6 is 11.6 Å². The van der Waals surface area contributed by atoms with Gasteiger partial charge in [-0.2, -0.15) is 0 Å². The highest BCUT2D eigenvalue weighted by atomic mass is 35.5. The number of hydrogen-bond donors (Lipinski definition) is 1. The van der Waals surface area contributed by atoms with Gasteiger partial charge in [0.25, 0.3) is 0 Å². The summed E-state index contributed by atoms with van der Waals surface area (Å²) in [5.41, 5.74) is 4.36. The second-order valence-corrected chi connectivity index (χ2v) is 6.81. The van der Waals surface area contributed by atoms with Crippen molar-refractivity contribution in [3.63, 3.8) is 0 Å². The first kappa shape index (κ1) is 19.9. The quantitative estimate of drug-likeness (QED) is 0.517. The molecule has 28 heavy (non-hydrogen) atoms. The maximum absolute atomic E-state index is 6.17. The zero-order valence-corrected chi connectivity index (χ0v) is 17.0. The third-order valence-electron chi connectivity index (χ3n) is 4.52. The molecular formula is C23H24ClNO3. The molecule has 0 heterocycles. The third-order valence-corrected chi connectivity index (χ3v) is 4.82. The minimum Gasteiger partial charge on any atom is -0.495 e. The zero-order valence-electron chi connectivity index (χ0n) is 16.3. The van der Waals surface area contributed by atoms with Crippen molar-refractivity contribution in [2.45, 2.75) is 20.1 Å². The zero-order chi connectivity index (χ0) is 19.9. The largest absolute Gasteiger partial charge is 0.495 e. The van der Waals surface area contributed by atoms with Gasteiger partial charge in [-0.05, 0) is 53.9 Å². The summed E-state index contributed by atoms with van der Waals surface area (Å²) in [6, 6.07) is 19.7. The number of nitrogens with one attached hydrogen (secondary N) is 1. The molecule has 0 unspecified atom stereocenters. The van der Waals surface area contributed by atoms with Crippen molar-refractivity contribution in [3.05, 3.63) is 82.4 Å². The molecule has 0 amide bonds. The number of anilines is 1. The third kappa shape index (κ3) is 4.90. The number of ether oxygens (including phenoxy) is 3. The SMILES string of the molecule is COc1ccc(NCc2ccc(OCc3ccccc3C)c(OC)c2)cc1Cl. The van der Waals surface area contributed by atoms with E-state index in [0.29, 0.717) is 29.7 Å². The lowest BCUT2D eigenvalue weighted by molar-refractivity contribution is 0.283. The second kappa shape index (κ2) is 9.38. The average Bonchev–Trinajstić information content (AvgIpc) is 2.72. The number of aryl methyl sites for hydroxylation is 1. The molecule has 0 saturated carbocycles. The van der Waals surface area contributed by atoms with E-state index in [0.717, 1.165) is 22.6 Å². The molecule has 5 heteroatoms. The number of rotatable bonds is 8. The Morgan fingerprint density at radius 3 is 2.32 bits per heavy atom. The molecule has 0 aliphatic heterocycles. The van der Waals surface area contributed by atoms with Gasteiger partial charge in [-0.15, -0.1) is 0 Å². The van der Waals surface area contributed by atoms with Crippen LogP contribution in [0.2, 0.25) is 5.02 Å². The van der Waals surface area contributed by atoms with Crippen LogP contribution < -0.4 is 19.5 Å². The molecule has 146 valence electrons. The van der Waals surface area contributed by atoms with E-state index in [2.05, 4.69) is 24.4 Å².